The van der Waals surface area contributed by atoms with E-state index < -0.39 is 0 Å². The second kappa shape index (κ2) is 9.82. The number of halogens is 2. The molecule has 1 fully saturated rings. The maximum Gasteiger partial charge on any atom is 0.327 e. The Morgan fingerprint density at radius 1 is 0.938 bits per heavy atom. The first-order chi connectivity index (χ1) is 15.4. The second-order valence-electron chi connectivity index (χ2n) is 7.92. The molecule has 32 heavy (non-hydrogen) atoms. The van der Waals surface area contributed by atoms with Gasteiger partial charge in [0.05, 0.1) is 29.4 Å². The van der Waals surface area contributed by atoms with Gasteiger partial charge in [-0.1, -0.05) is 71.7 Å². The van der Waals surface area contributed by atoms with Crippen LogP contribution in [-0.2, 0) is 6.61 Å². The van der Waals surface area contributed by atoms with Crippen LogP contribution in [-0.4, -0.2) is 36.2 Å². The number of ether oxygens (including phenoxy) is 1. The molecule has 0 spiro atoms. The monoisotopic (exact) mass is 469 g/mol. The van der Waals surface area contributed by atoms with Gasteiger partial charge in [0.1, 0.15) is 6.61 Å². The number of anilines is 1. The number of carbonyl (C=O) groups is 1. The van der Waals surface area contributed by atoms with Crippen molar-refractivity contribution < 1.29 is 9.53 Å². The van der Waals surface area contributed by atoms with E-state index in [1.165, 1.54) is 0 Å². The topological polar surface area (TPSA) is 36.0 Å². The van der Waals surface area contributed by atoms with E-state index in [0.717, 1.165) is 16.8 Å². The number of amides is 2. The van der Waals surface area contributed by atoms with Crippen molar-refractivity contribution in [3.63, 3.8) is 0 Å². The lowest BCUT2D eigenvalue weighted by Crippen LogP contribution is -2.57. The predicted octanol–water partition coefficient (Wildman–Crippen LogP) is 6.42. The Morgan fingerprint density at radius 2 is 1.53 bits per heavy atom. The largest absolute Gasteiger partial charge is 0.486 e. The van der Waals surface area contributed by atoms with Gasteiger partial charge < -0.3 is 9.64 Å². The molecule has 7 heteroatoms. The second-order valence-corrected chi connectivity index (χ2v) is 8.73. The molecule has 0 aromatic heterocycles. The van der Waals surface area contributed by atoms with Crippen molar-refractivity contribution in [1.82, 2.24) is 9.80 Å². The summed E-state index contributed by atoms with van der Waals surface area (Å²) in [6.45, 7) is 3.38. The fourth-order valence-electron chi connectivity index (χ4n) is 3.78. The number of urea groups is 1. The molecular weight excluding hydrogens is 445 g/mol. The quantitative estimate of drug-likeness (QED) is 0.417. The maximum absolute atomic E-state index is 13.3. The highest BCUT2D eigenvalue weighted by Gasteiger charge is 2.33. The average molecular weight is 470 g/mol. The van der Waals surface area contributed by atoms with E-state index in [9.17, 15) is 4.79 Å². The number of hydrogen-bond donors (Lipinski definition) is 0. The van der Waals surface area contributed by atoms with E-state index >= 15 is 0 Å². The van der Waals surface area contributed by atoms with E-state index in [0.29, 0.717) is 35.7 Å². The molecule has 2 amide bonds. The van der Waals surface area contributed by atoms with E-state index in [4.69, 9.17) is 27.9 Å². The molecule has 3 aromatic carbocycles. The first-order valence-electron chi connectivity index (χ1n) is 10.4. The summed E-state index contributed by atoms with van der Waals surface area (Å²) < 4.78 is 5.89. The van der Waals surface area contributed by atoms with Gasteiger partial charge in [-0.05, 0) is 49.4 Å². The highest BCUT2D eigenvalue weighted by molar-refractivity contribution is 6.37. The van der Waals surface area contributed by atoms with E-state index in [1.54, 1.807) is 4.90 Å². The lowest BCUT2D eigenvalue weighted by molar-refractivity contribution is 0.109. The Kier molecular flexibility index (Phi) is 6.89. The summed E-state index contributed by atoms with van der Waals surface area (Å²) in [5.41, 5.74) is 2.74. The Hall–Kier alpha value is -2.73. The highest BCUT2D eigenvalue weighted by Crippen LogP contribution is 2.38. The van der Waals surface area contributed by atoms with Crippen LogP contribution in [0.1, 0.15) is 24.1 Å². The van der Waals surface area contributed by atoms with Crippen molar-refractivity contribution in [3.05, 3.63) is 94.0 Å². The molecule has 4 rings (SSSR count). The Bertz CT molecular complexity index is 1060. The lowest BCUT2D eigenvalue weighted by Gasteiger charge is -2.43. The molecule has 0 N–H and O–H groups in total. The number of hydrogen-bond acceptors (Lipinski definition) is 3. The van der Waals surface area contributed by atoms with Crippen molar-refractivity contribution in [1.29, 1.82) is 0 Å². The minimum Gasteiger partial charge on any atom is -0.486 e. The standard InChI is InChI=1S/C25H25Cl2N3O2/c1-18(29-16-28(2)17-30(25(29)31)21-11-7-4-8-12-21)20-13-22(26)24(23(27)14-20)32-15-19-9-5-3-6-10-19/h3-14,18H,15-17H2,1-2H3. The molecule has 0 radical (unpaired) electrons. The van der Waals surface area contributed by atoms with Crippen LogP contribution in [0.25, 0.3) is 0 Å². The maximum atomic E-state index is 13.3. The van der Waals surface area contributed by atoms with Crippen molar-refractivity contribution in [2.75, 3.05) is 25.3 Å². The van der Waals surface area contributed by atoms with Gasteiger partial charge in [0.2, 0.25) is 0 Å². The number of nitrogens with zero attached hydrogens (tertiary/aromatic N) is 3. The number of carbonyl (C=O) groups excluding carboxylic acids is 1. The van der Waals surface area contributed by atoms with Gasteiger partial charge in [-0.25, -0.2) is 4.79 Å². The minimum absolute atomic E-state index is 0.0570. The zero-order valence-electron chi connectivity index (χ0n) is 18.0. The molecule has 5 nitrogen and oxygen atoms in total. The minimum atomic E-state index is -0.227. The Balaban J connectivity index is 1.54. The van der Waals surface area contributed by atoms with E-state index in [2.05, 4.69) is 4.90 Å². The van der Waals surface area contributed by atoms with Crippen molar-refractivity contribution in [2.24, 2.45) is 0 Å². The summed E-state index contributed by atoms with van der Waals surface area (Å²) in [6, 6.07) is 22.9. The fourth-order valence-corrected chi connectivity index (χ4v) is 4.39. The van der Waals surface area contributed by atoms with Gasteiger partial charge in [-0.15, -0.1) is 0 Å². The third-order valence-corrected chi connectivity index (χ3v) is 6.08. The Morgan fingerprint density at radius 3 is 2.16 bits per heavy atom. The summed E-state index contributed by atoms with van der Waals surface area (Å²) >= 11 is 13.1. The molecular formula is C25H25Cl2N3O2. The van der Waals surface area contributed by atoms with Gasteiger partial charge in [0, 0.05) is 5.69 Å². The summed E-state index contributed by atoms with van der Waals surface area (Å²) in [5.74, 6) is 0.445. The third-order valence-electron chi connectivity index (χ3n) is 5.52. The molecule has 0 saturated carbocycles. The zero-order chi connectivity index (χ0) is 22.7. The van der Waals surface area contributed by atoms with Gasteiger partial charge >= 0.3 is 6.03 Å². The van der Waals surface area contributed by atoms with Crippen molar-refractivity contribution in [3.8, 4) is 5.75 Å². The van der Waals surface area contributed by atoms with Crippen molar-refractivity contribution >= 4 is 34.9 Å². The molecule has 1 heterocycles. The van der Waals surface area contributed by atoms with E-state index in [-0.39, 0.29) is 12.1 Å². The van der Waals surface area contributed by atoms with Crippen LogP contribution in [0.15, 0.2) is 72.8 Å². The summed E-state index contributed by atoms with van der Waals surface area (Å²) in [5, 5.41) is 0.848. The summed E-state index contributed by atoms with van der Waals surface area (Å²) in [6.07, 6.45) is 0. The number of rotatable bonds is 6. The average Bonchev–Trinajstić information content (AvgIpc) is 2.80. The normalized spacial score (nSPS) is 15.7. The fraction of sp³-hybridized carbons (Fsp3) is 0.240. The molecule has 3 aromatic rings. The SMILES string of the molecule is CC(c1cc(Cl)c(OCc2ccccc2)c(Cl)c1)N1CN(C)CN(c2ccccc2)C1=O. The van der Waals surface area contributed by atoms with Gasteiger partial charge in [-0.2, -0.15) is 0 Å². The van der Waals surface area contributed by atoms with Crippen LogP contribution in [0.2, 0.25) is 10.0 Å². The van der Waals surface area contributed by atoms with Gasteiger partial charge in [-0.3, -0.25) is 9.80 Å². The van der Waals surface area contributed by atoms with Gasteiger partial charge in [0.25, 0.3) is 0 Å². The van der Waals surface area contributed by atoms with Gasteiger partial charge in [0.15, 0.2) is 5.75 Å². The predicted molar refractivity (Wildman–Crippen MR) is 129 cm³/mol. The lowest BCUT2D eigenvalue weighted by atomic mass is 10.1. The molecule has 0 bridgehead atoms. The molecule has 1 atom stereocenters. The first-order valence-corrected chi connectivity index (χ1v) is 11.2. The first kappa shape index (κ1) is 22.5. The number of para-hydroxylation sites is 1. The molecule has 0 aliphatic carbocycles. The smallest absolute Gasteiger partial charge is 0.327 e. The molecule has 1 aliphatic heterocycles. The van der Waals surface area contributed by atoms with Crippen LogP contribution in [0.4, 0.5) is 10.5 Å². The van der Waals surface area contributed by atoms with Crippen LogP contribution in [0, 0.1) is 0 Å². The molecule has 166 valence electrons. The van der Waals surface area contributed by atoms with Crippen LogP contribution in [0.3, 0.4) is 0 Å². The summed E-state index contributed by atoms with van der Waals surface area (Å²) in [4.78, 5) is 19.0. The highest BCUT2D eigenvalue weighted by atomic mass is 35.5. The third kappa shape index (κ3) is 4.85. The van der Waals surface area contributed by atoms with E-state index in [1.807, 2.05) is 91.7 Å². The molecule has 1 unspecified atom stereocenters. The van der Waals surface area contributed by atoms with Crippen molar-refractivity contribution in [2.45, 2.75) is 19.6 Å². The Labute approximate surface area is 198 Å². The number of benzene rings is 3. The zero-order valence-corrected chi connectivity index (χ0v) is 19.6. The molecule has 1 aliphatic rings. The summed E-state index contributed by atoms with van der Waals surface area (Å²) in [7, 11) is 1.99. The van der Waals surface area contributed by atoms with Crippen LogP contribution in [0.5, 0.6) is 5.75 Å². The molecule has 1 saturated heterocycles. The van der Waals surface area contributed by atoms with Crippen LogP contribution < -0.4 is 9.64 Å². The van der Waals surface area contributed by atoms with Crippen LogP contribution >= 0.6 is 23.2 Å².